The Kier molecular flexibility index (Phi) is 4.01. The Bertz CT molecular complexity index is 548. The van der Waals surface area contributed by atoms with Crippen molar-refractivity contribution in [3.63, 3.8) is 0 Å². The second-order valence-corrected chi connectivity index (χ2v) is 7.25. The van der Waals surface area contributed by atoms with Gasteiger partial charge in [0.05, 0.1) is 0 Å². The summed E-state index contributed by atoms with van der Waals surface area (Å²) in [6, 6.07) is 7.01. The summed E-state index contributed by atoms with van der Waals surface area (Å²) in [5, 5.41) is 0. The smallest absolute Gasteiger partial charge is 0.123 e. The number of halogens is 1. The third kappa shape index (κ3) is 3.11. The summed E-state index contributed by atoms with van der Waals surface area (Å²) in [5.74, 6) is 2.50. The van der Waals surface area contributed by atoms with Crippen LogP contribution >= 0.6 is 0 Å². The first-order valence-electron chi connectivity index (χ1n) is 8.64. The molecule has 3 atom stereocenters. The highest BCUT2D eigenvalue weighted by atomic mass is 19.1. The molecule has 0 amide bonds. The van der Waals surface area contributed by atoms with Gasteiger partial charge < -0.3 is 4.90 Å². The van der Waals surface area contributed by atoms with E-state index in [9.17, 15) is 4.39 Å². The Hall–Kier alpha value is -1.19. The highest BCUT2D eigenvalue weighted by molar-refractivity contribution is 5.16. The lowest BCUT2D eigenvalue weighted by Crippen LogP contribution is -2.47. The quantitative estimate of drug-likeness (QED) is 0.788. The Morgan fingerprint density at radius 2 is 1.82 bits per heavy atom. The molecule has 2 nitrogen and oxygen atoms in total. The average molecular weight is 300 g/mol. The van der Waals surface area contributed by atoms with Crippen molar-refractivity contribution < 1.29 is 4.39 Å². The number of hydrogen-bond acceptors (Lipinski definition) is 2. The molecule has 1 saturated heterocycles. The molecule has 1 aromatic carbocycles. The van der Waals surface area contributed by atoms with Gasteiger partial charge in [0.2, 0.25) is 0 Å². The summed E-state index contributed by atoms with van der Waals surface area (Å²) in [6.45, 7) is 6.68. The fourth-order valence-corrected chi connectivity index (χ4v) is 4.46. The summed E-state index contributed by atoms with van der Waals surface area (Å²) in [5.41, 5.74) is 1.09. The fraction of sp³-hybridized carbons (Fsp3) is 0.579. The molecule has 0 aromatic heterocycles. The minimum atomic E-state index is -0.125. The van der Waals surface area contributed by atoms with Gasteiger partial charge in [-0.1, -0.05) is 24.3 Å². The van der Waals surface area contributed by atoms with E-state index in [1.54, 1.807) is 6.07 Å². The van der Waals surface area contributed by atoms with E-state index < -0.39 is 0 Å². The molecule has 1 aliphatic heterocycles. The predicted octanol–water partition coefficient (Wildman–Crippen LogP) is 3.16. The molecule has 0 radical (unpaired) electrons. The maximum atomic E-state index is 13.3. The van der Waals surface area contributed by atoms with Crippen LogP contribution in [0.25, 0.3) is 0 Å². The minimum Gasteiger partial charge on any atom is -0.300 e. The van der Waals surface area contributed by atoms with Gasteiger partial charge in [0.1, 0.15) is 5.82 Å². The molecule has 1 heterocycles. The van der Waals surface area contributed by atoms with Crippen LogP contribution in [0.3, 0.4) is 0 Å². The van der Waals surface area contributed by atoms with Gasteiger partial charge in [-0.25, -0.2) is 4.39 Å². The summed E-state index contributed by atoms with van der Waals surface area (Å²) < 4.78 is 13.3. The monoisotopic (exact) mass is 300 g/mol. The lowest BCUT2D eigenvalue weighted by molar-refractivity contribution is 0.108. The normalized spacial score (nSPS) is 32.0. The van der Waals surface area contributed by atoms with E-state index in [1.165, 1.54) is 25.5 Å². The van der Waals surface area contributed by atoms with Gasteiger partial charge in [-0.3, -0.25) is 4.90 Å². The average Bonchev–Trinajstić information content (AvgIpc) is 3.12. The molecule has 118 valence electrons. The van der Waals surface area contributed by atoms with E-state index in [4.69, 9.17) is 0 Å². The van der Waals surface area contributed by atoms with E-state index in [-0.39, 0.29) is 5.82 Å². The SMILES string of the molecule is Fc1cccc(CN2CCN(C[C@@H]3C[C@@H]4C=C[C@@H]3C4)CC2)c1. The zero-order valence-corrected chi connectivity index (χ0v) is 13.1. The van der Waals surface area contributed by atoms with Gasteiger partial charge in [-0.15, -0.1) is 0 Å². The molecule has 2 bridgehead atoms. The summed E-state index contributed by atoms with van der Waals surface area (Å²) in [6.07, 6.45) is 7.70. The molecular weight excluding hydrogens is 275 g/mol. The second kappa shape index (κ2) is 6.13. The largest absolute Gasteiger partial charge is 0.300 e. The van der Waals surface area contributed by atoms with Crippen LogP contribution in [0.5, 0.6) is 0 Å². The molecule has 2 fully saturated rings. The van der Waals surface area contributed by atoms with E-state index in [0.29, 0.717) is 0 Å². The molecule has 4 rings (SSSR count). The number of fused-ring (bicyclic) bond motifs is 2. The number of benzene rings is 1. The van der Waals surface area contributed by atoms with E-state index >= 15 is 0 Å². The first kappa shape index (κ1) is 14.4. The van der Waals surface area contributed by atoms with Crippen LogP contribution in [0.15, 0.2) is 36.4 Å². The summed E-state index contributed by atoms with van der Waals surface area (Å²) >= 11 is 0. The predicted molar refractivity (Wildman–Crippen MR) is 87.0 cm³/mol. The Morgan fingerprint density at radius 3 is 2.50 bits per heavy atom. The molecule has 0 spiro atoms. The van der Waals surface area contributed by atoms with Gasteiger partial charge in [0, 0.05) is 39.3 Å². The van der Waals surface area contributed by atoms with Crippen molar-refractivity contribution >= 4 is 0 Å². The number of rotatable bonds is 4. The fourth-order valence-electron chi connectivity index (χ4n) is 4.46. The Balaban J connectivity index is 1.25. The molecule has 2 aliphatic carbocycles. The Labute approximate surface area is 132 Å². The van der Waals surface area contributed by atoms with Crippen molar-refractivity contribution in [3.05, 3.63) is 47.8 Å². The number of nitrogens with zero attached hydrogens (tertiary/aromatic N) is 2. The molecule has 1 aromatic rings. The molecule has 3 aliphatic rings. The molecular formula is C19H25FN2. The standard InChI is InChI=1S/C19H25FN2/c20-19-3-1-2-16(12-19)13-21-6-8-22(9-7-21)14-18-11-15-4-5-17(18)10-15/h1-5,12,15,17-18H,6-11,13-14H2/t15-,17-,18+/m1/s1. The van der Waals surface area contributed by atoms with E-state index in [2.05, 4.69) is 22.0 Å². The summed E-state index contributed by atoms with van der Waals surface area (Å²) in [7, 11) is 0. The van der Waals surface area contributed by atoms with Crippen LogP contribution in [0, 0.1) is 23.6 Å². The Morgan fingerprint density at radius 1 is 1.00 bits per heavy atom. The van der Waals surface area contributed by atoms with Gasteiger partial charge in [0.25, 0.3) is 0 Å². The van der Waals surface area contributed by atoms with Crippen LogP contribution in [-0.2, 0) is 6.54 Å². The second-order valence-electron chi connectivity index (χ2n) is 7.25. The third-order valence-corrected chi connectivity index (χ3v) is 5.67. The molecule has 3 heteroatoms. The lowest BCUT2D eigenvalue weighted by atomic mass is 9.93. The maximum Gasteiger partial charge on any atom is 0.123 e. The van der Waals surface area contributed by atoms with Crippen molar-refractivity contribution in [2.45, 2.75) is 19.4 Å². The zero-order valence-electron chi connectivity index (χ0n) is 13.1. The molecule has 22 heavy (non-hydrogen) atoms. The highest BCUT2D eigenvalue weighted by Crippen LogP contribution is 2.43. The van der Waals surface area contributed by atoms with Crippen LogP contribution in [0.1, 0.15) is 18.4 Å². The number of allylic oxidation sites excluding steroid dienone is 2. The van der Waals surface area contributed by atoms with Crippen LogP contribution < -0.4 is 0 Å². The van der Waals surface area contributed by atoms with Crippen molar-refractivity contribution in [3.8, 4) is 0 Å². The van der Waals surface area contributed by atoms with E-state index in [0.717, 1.165) is 56.0 Å². The van der Waals surface area contributed by atoms with Crippen molar-refractivity contribution in [2.75, 3.05) is 32.7 Å². The first-order valence-corrected chi connectivity index (χ1v) is 8.64. The minimum absolute atomic E-state index is 0.125. The van der Waals surface area contributed by atoms with Gasteiger partial charge in [-0.05, 0) is 48.3 Å². The number of piperazine rings is 1. The zero-order chi connectivity index (χ0) is 14.9. The molecule has 0 N–H and O–H groups in total. The van der Waals surface area contributed by atoms with Crippen LogP contribution in [0.2, 0.25) is 0 Å². The topological polar surface area (TPSA) is 6.48 Å². The maximum absolute atomic E-state index is 13.3. The number of hydrogen-bond donors (Lipinski definition) is 0. The van der Waals surface area contributed by atoms with Crippen molar-refractivity contribution in [1.29, 1.82) is 0 Å². The lowest BCUT2D eigenvalue weighted by Gasteiger charge is -2.37. The van der Waals surface area contributed by atoms with Crippen LogP contribution in [-0.4, -0.2) is 42.5 Å². The van der Waals surface area contributed by atoms with Crippen molar-refractivity contribution in [1.82, 2.24) is 9.80 Å². The van der Waals surface area contributed by atoms with Gasteiger partial charge in [-0.2, -0.15) is 0 Å². The van der Waals surface area contributed by atoms with E-state index in [1.807, 2.05) is 12.1 Å². The first-order chi connectivity index (χ1) is 10.8. The third-order valence-electron chi connectivity index (χ3n) is 5.67. The summed E-state index contributed by atoms with van der Waals surface area (Å²) in [4.78, 5) is 5.09. The van der Waals surface area contributed by atoms with Gasteiger partial charge >= 0.3 is 0 Å². The van der Waals surface area contributed by atoms with Crippen LogP contribution in [0.4, 0.5) is 4.39 Å². The highest BCUT2D eigenvalue weighted by Gasteiger charge is 2.36. The van der Waals surface area contributed by atoms with Crippen molar-refractivity contribution in [2.24, 2.45) is 17.8 Å². The molecule has 1 saturated carbocycles. The van der Waals surface area contributed by atoms with Gasteiger partial charge in [0.15, 0.2) is 0 Å². The molecule has 0 unspecified atom stereocenters.